The highest BCUT2D eigenvalue weighted by atomic mass is 19.3. The number of hydrogen-bond donors (Lipinski definition) is 0. The van der Waals surface area contributed by atoms with Crippen LogP contribution in [0.15, 0.2) is 18.3 Å². The Kier molecular flexibility index (Phi) is 3.19. The summed E-state index contributed by atoms with van der Waals surface area (Å²) in [6.45, 7) is 3.61. The van der Waals surface area contributed by atoms with E-state index in [-0.39, 0.29) is 12.8 Å². The summed E-state index contributed by atoms with van der Waals surface area (Å²) >= 11 is 0. The van der Waals surface area contributed by atoms with Crippen molar-refractivity contribution in [1.29, 1.82) is 0 Å². The Hall–Kier alpha value is -1.03. The minimum Gasteiger partial charge on any atom is -0.297 e. The number of likely N-dealkylation sites (tertiary alicyclic amines) is 1. The van der Waals surface area contributed by atoms with E-state index in [2.05, 4.69) is 4.98 Å². The van der Waals surface area contributed by atoms with Crippen LogP contribution in [0.25, 0.3) is 0 Å². The molecule has 0 aliphatic carbocycles. The van der Waals surface area contributed by atoms with E-state index >= 15 is 0 Å². The summed E-state index contributed by atoms with van der Waals surface area (Å²) in [5.41, 5.74) is 2.12. The number of alkyl halides is 2. The molecule has 16 heavy (non-hydrogen) atoms. The van der Waals surface area contributed by atoms with E-state index < -0.39 is 5.92 Å². The number of piperidine rings is 1. The van der Waals surface area contributed by atoms with Crippen LogP contribution < -0.4 is 0 Å². The summed E-state index contributed by atoms with van der Waals surface area (Å²) in [7, 11) is 0. The van der Waals surface area contributed by atoms with Gasteiger partial charge in [0.1, 0.15) is 0 Å². The molecule has 2 heterocycles. The number of pyridine rings is 1. The van der Waals surface area contributed by atoms with E-state index in [0.29, 0.717) is 19.6 Å². The highest BCUT2D eigenvalue weighted by Gasteiger charge is 2.33. The maximum absolute atomic E-state index is 13.0. The highest BCUT2D eigenvalue weighted by molar-refractivity contribution is 5.17. The average Bonchev–Trinajstić information content (AvgIpc) is 2.24. The zero-order chi connectivity index (χ0) is 11.6. The lowest BCUT2D eigenvalue weighted by atomic mass is 10.1. The lowest BCUT2D eigenvalue weighted by Crippen LogP contribution is -2.39. The molecular formula is C12H16F2N2. The quantitative estimate of drug-likeness (QED) is 0.770. The predicted molar refractivity (Wildman–Crippen MR) is 58.4 cm³/mol. The van der Waals surface area contributed by atoms with E-state index in [0.717, 1.165) is 11.3 Å². The Morgan fingerprint density at radius 3 is 2.69 bits per heavy atom. The number of halogens is 2. The minimum absolute atomic E-state index is 0.0289. The van der Waals surface area contributed by atoms with Gasteiger partial charge < -0.3 is 0 Å². The third-order valence-electron chi connectivity index (χ3n) is 3.08. The fourth-order valence-corrected chi connectivity index (χ4v) is 1.93. The molecule has 1 saturated heterocycles. The molecule has 4 heteroatoms. The fourth-order valence-electron chi connectivity index (χ4n) is 1.93. The van der Waals surface area contributed by atoms with Crippen molar-refractivity contribution in [3.8, 4) is 0 Å². The molecule has 0 amide bonds. The summed E-state index contributed by atoms with van der Waals surface area (Å²) in [6, 6.07) is 3.89. The lowest BCUT2D eigenvalue weighted by molar-refractivity contribution is -0.0568. The number of rotatable bonds is 2. The van der Waals surface area contributed by atoms with Gasteiger partial charge >= 0.3 is 0 Å². The summed E-state index contributed by atoms with van der Waals surface area (Å²) in [5.74, 6) is -2.46. The molecule has 0 atom stereocenters. The van der Waals surface area contributed by atoms with Gasteiger partial charge in [-0.2, -0.15) is 0 Å². The number of nitrogens with zero attached hydrogens (tertiary/aromatic N) is 2. The van der Waals surface area contributed by atoms with Crippen molar-refractivity contribution in [3.63, 3.8) is 0 Å². The van der Waals surface area contributed by atoms with Crippen LogP contribution in [0.4, 0.5) is 8.78 Å². The molecule has 0 saturated carbocycles. The van der Waals surface area contributed by atoms with Crippen LogP contribution >= 0.6 is 0 Å². The van der Waals surface area contributed by atoms with Gasteiger partial charge in [0.15, 0.2) is 0 Å². The van der Waals surface area contributed by atoms with Gasteiger partial charge in [0.2, 0.25) is 0 Å². The molecule has 0 unspecified atom stereocenters. The highest BCUT2D eigenvalue weighted by Crippen LogP contribution is 2.28. The summed E-state index contributed by atoms with van der Waals surface area (Å²) in [5, 5.41) is 0. The Morgan fingerprint density at radius 1 is 1.38 bits per heavy atom. The predicted octanol–water partition coefficient (Wildman–Crippen LogP) is 2.62. The molecule has 88 valence electrons. The van der Waals surface area contributed by atoms with Crippen LogP contribution in [0.2, 0.25) is 0 Å². The molecule has 2 nitrogen and oxygen atoms in total. The van der Waals surface area contributed by atoms with E-state index in [4.69, 9.17) is 0 Å². The smallest absolute Gasteiger partial charge is 0.250 e. The van der Waals surface area contributed by atoms with Crippen molar-refractivity contribution < 1.29 is 8.78 Å². The van der Waals surface area contributed by atoms with E-state index in [1.54, 1.807) is 6.20 Å². The van der Waals surface area contributed by atoms with E-state index in [9.17, 15) is 8.78 Å². The van der Waals surface area contributed by atoms with Crippen LogP contribution in [0, 0.1) is 6.92 Å². The molecule has 2 rings (SSSR count). The molecular weight excluding hydrogens is 210 g/mol. The van der Waals surface area contributed by atoms with Crippen molar-refractivity contribution in [2.75, 3.05) is 13.1 Å². The zero-order valence-corrected chi connectivity index (χ0v) is 9.42. The summed E-state index contributed by atoms with van der Waals surface area (Å²) < 4.78 is 25.9. The second-order valence-corrected chi connectivity index (χ2v) is 4.40. The van der Waals surface area contributed by atoms with Gasteiger partial charge in [-0.15, -0.1) is 0 Å². The van der Waals surface area contributed by atoms with Gasteiger partial charge in [-0.3, -0.25) is 9.88 Å². The average molecular weight is 226 g/mol. The lowest BCUT2D eigenvalue weighted by Gasteiger charge is -2.31. The van der Waals surface area contributed by atoms with Gasteiger partial charge in [-0.25, -0.2) is 8.78 Å². The monoisotopic (exact) mass is 226 g/mol. The fraction of sp³-hybridized carbons (Fsp3) is 0.583. The summed E-state index contributed by atoms with van der Waals surface area (Å²) in [6.07, 6.45) is 1.69. The van der Waals surface area contributed by atoms with Crippen molar-refractivity contribution >= 4 is 0 Å². The number of hydrogen-bond acceptors (Lipinski definition) is 2. The molecule has 0 N–H and O–H groups in total. The van der Waals surface area contributed by atoms with Gasteiger partial charge in [0.25, 0.3) is 5.92 Å². The van der Waals surface area contributed by atoms with Gasteiger partial charge in [-0.1, -0.05) is 6.07 Å². The zero-order valence-electron chi connectivity index (χ0n) is 9.42. The Bertz CT molecular complexity index is 356. The number of aryl methyl sites for hydroxylation is 1. The van der Waals surface area contributed by atoms with E-state index in [1.165, 1.54) is 0 Å². The normalized spacial score (nSPS) is 20.9. The van der Waals surface area contributed by atoms with Crippen molar-refractivity contribution in [2.24, 2.45) is 0 Å². The van der Waals surface area contributed by atoms with Gasteiger partial charge in [0.05, 0.1) is 5.69 Å². The molecule has 0 spiro atoms. The van der Waals surface area contributed by atoms with Gasteiger partial charge in [-0.05, 0) is 18.6 Å². The maximum Gasteiger partial charge on any atom is 0.250 e. The van der Waals surface area contributed by atoms with Gasteiger partial charge in [0, 0.05) is 38.7 Å². The standard InChI is InChI=1S/C12H16F2N2/c1-10-3-2-6-15-11(10)9-16-7-4-12(13,14)5-8-16/h2-3,6H,4-5,7-9H2,1H3. The molecule has 1 aliphatic heterocycles. The second-order valence-electron chi connectivity index (χ2n) is 4.40. The number of aromatic nitrogens is 1. The first kappa shape index (κ1) is 11.5. The third-order valence-corrected chi connectivity index (χ3v) is 3.08. The van der Waals surface area contributed by atoms with Crippen LogP contribution in [-0.2, 0) is 6.54 Å². The van der Waals surface area contributed by atoms with Crippen LogP contribution in [0.5, 0.6) is 0 Å². The third kappa shape index (κ3) is 2.76. The first-order valence-corrected chi connectivity index (χ1v) is 5.57. The molecule has 0 aromatic carbocycles. The Balaban J connectivity index is 1.95. The summed E-state index contributed by atoms with van der Waals surface area (Å²) in [4.78, 5) is 6.33. The molecule has 1 fully saturated rings. The first-order valence-electron chi connectivity index (χ1n) is 5.57. The van der Waals surface area contributed by atoms with Crippen molar-refractivity contribution in [1.82, 2.24) is 9.88 Å². The van der Waals surface area contributed by atoms with E-state index in [1.807, 2.05) is 24.0 Å². The SMILES string of the molecule is Cc1cccnc1CN1CCC(F)(F)CC1. The molecule has 1 aromatic heterocycles. The largest absolute Gasteiger partial charge is 0.297 e. The molecule has 1 aliphatic rings. The molecule has 1 aromatic rings. The Morgan fingerprint density at radius 2 is 2.06 bits per heavy atom. The molecule has 0 bridgehead atoms. The van der Waals surface area contributed by atoms with Crippen LogP contribution in [0.1, 0.15) is 24.1 Å². The van der Waals surface area contributed by atoms with Crippen molar-refractivity contribution in [2.45, 2.75) is 32.2 Å². The second kappa shape index (κ2) is 4.45. The van der Waals surface area contributed by atoms with Crippen LogP contribution in [0.3, 0.4) is 0 Å². The first-order chi connectivity index (χ1) is 7.57. The van der Waals surface area contributed by atoms with Crippen LogP contribution in [-0.4, -0.2) is 28.9 Å². The van der Waals surface area contributed by atoms with Crippen molar-refractivity contribution in [3.05, 3.63) is 29.6 Å². The Labute approximate surface area is 94.3 Å². The molecule has 0 radical (unpaired) electrons. The minimum atomic E-state index is -2.46. The topological polar surface area (TPSA) is 16.1 Å². The maximum atomic E-state index is 13.0.